The van der Waals surface area contributed by atoms with Gasteiger partial charge in [0.05, 0.1) is 24.7 Å². The first-order valence-electron chi connectivity index (χ1n) is 15.1. The van der Waals surface area contributed by atoms with Crippen LogP contribution in [0.2, 0.25) is 0 Å². The van der Waals surface area contributed by atoms with Crippen LogP contribution in [0.3, 0.4) is 0 Å². The Balaban J connectivity index is 1.94. The Bertz CT molecular complexity index is 1660. The molecule has 0 spiro atoms. The molecule has 1 aromatic carbocycles. The average molecular weight is 637 g/mol. The van der Waals surface area contributed by atoms with Gasteiger partial charge in [-0.1, -0.05) is 32.1 Å². The molecule has 13 heteroatoms. The number of likely N-dealkylation sites (N-methyl/N-ethyl adjacent to an activating group) is 1. The van der Waals surface area contributed by atoms with Crippen molar-refractivity contribution in [2.45, 2.75) is 72.1 Å². The molecule has 0 saturated carbocycles. The van der Waals surface area contributed by atoms with E-state index in [4.69, 9.17) is 9.72 Å². The van der Waals surface area contributed by atoms with E-state index in [1.165, 1.54) is 39.5 Å². The lowest BCUT2D eigenvalue weighted by Gasteiger charge is -2.20. The predicted octanol–water partition coefficient (Wildman–Crippen LogP) is 4.32. The molecule has 248 valence electrons. The lowest BCUT2D eigenvalue weighted by atomic mass is 10.0. The van der Waals surface area contributed by atoms with E-state index in [2.05, 4.69) is 29.2 Å². The first-order chi connectivity index (χ1) is 21.6. The van der Waals surface area contributed by atoms with E-state index in [-0.39, 0.29) is 30.4 Å². The number of hydrogen-bond acceptors (Lipinski definition) is 8. The van der Waals surface area contributed by atoms with Gasteiger partial charge in [-0.3, -0.25) is 14.4 Å². The average Bonchev–Trinajstić information content (AvgIpc) is 3.34. The third kappa shape index (κ3) is 9.53. The smallest absolute Gasteiger partial charge is 0.420 e. The van der Waals surface area contributed by atoms with E-state index >= 15 is 0 Å². The maximum atomic E-state index is 13.6. The van der Waals surface area contributed by atoms with Crippen molar-refractivity contribution in [1.82, 2.24) is 24.3 Å². The number of para-hydroxylation sites is 1. The summed E-state index contributed by atoms with van der Waals surface area (Å²) in [6.07, 6.45) is 4.23. The van der Waals surface area contributed by atoms with Gasteiger partial charge in [-0.25, -0.2) is 19.1 Å². The third-order valence-electron chi connectivity index (χ3n) is 6.75. The van der Waals surface area contributed by atoms with Gasteiger partial charge in [0.15, 0.2) is 0 Å². The van der Waals surface area contributed by atoms with E-state index in [0.717, 1.165) is 12.0 Å². The van der Waals surface area contributed by atoms with Crippen molar-refractivity contribution in [3.63, 3.8) is 0 Å². The number of amides is 3. The Kier molecular flexibility index (Phi) is 11.9. The van der Waals surface area contributed by atoms with E-state index in [1.807, 2.05) is 12.1 Å². The zero-order valence-corrected chi connectivity index (χ0v) is 27.7. The van der Waals surface area contributed by atoms with Gasteiger partial charge in [-0.2, -0.15) is 0 Å². The number of aromatic nitrogens is 3. The van der Waals surface area contributed by atoms with Crippen molar-refractivity contribution in [3.05, 3.63) is 70.4 Å². The van der Waals surface area contributed by atoms with Crippen molar-refractivity contribution in [2.24, 2.45) is 5.92 Å². The number of carbonyl (C=O) groups is 4. The first-order valence-corrected chi connectivity index (χ1v) is 15.1. The van der Waals surface area contributed by atoms with Crippen LogP contribution in [0.25, 0.3) is 11.0 Å². The van der Waals surface area contributed by atoms with Gasteiger partial charge in [0.2, 0.25) is 11.8 Å². The fourth-order valence-electron chi connectivity index (χ4n) is 4.62. The molecular weight excluding hydrogens is 592 g/mol. The van der Waals surface area contributed by atoms with Crippen molar-refractivity contribution >= 4 is 40.7 Å². The van der Waals surface area contributed by atoms with Crippen LogP contribution in [0, 0.1) is 5.92 Å². The maximum absolute atomic E-state index is 13.6. The zero-order chi connectivity index (χ0) is 34.2. The topological polar surface area (TPSA) is 154 Å². The lowest BCUT2D eigenvalue weighted by Crippen LogP contribution is -2.44. The minimum absolute atomic E-state index is 0.0390. The summed E-state index contributed by atoms with van der Waals surface area (Å²) in [4.78, 5) is 70.2. The second-order valence-electron chi connectivity index (χ2n) is 12.5. The number of ether oxygens (including phenoxy) is 2. The minimum Gasteiger partial charge on any atom is -0.453 e. The Morgan fingerprint density at radius 2 is 1.80 bits per heavy atom. The number of allylic oxidation sites excluding steroid dienone is 1. The number of nitrogens with one attached hydrogen (secondary N) is 2. The third-order valence-corrected chi connectivity index (χ3v) is 6.75. The highest BCUT2D eigenvalue weighted by Crippen LogP contribution is 2.24. The van der Waals surface area contributed by atoms with Crippen molar-refractivity contribution < 1.29 is 28.7 Å². The molecule has 3 amide bonds. The SMILES string of the molecule is COC(=O)NC(CC/C=C/C(=O)N(C)C)C(=O)Nc1cccn(Cc2nc3c(CC(C)C)cccc3n2C(=O)OC(C)(C)C)c1=O. The molecule has 0 fully saturated rings. The van der Waals surface area contributed by atoms with Crippen LogP contribution in [0.5, 0.6) is 0 Å². The summed E-state index contributed by atoms with van der Waals surface area (Å²) >= 11 is 0. The monoisotopic (exact) mass is 636 g/mol. The van der Waals surface area contributed by atoms with Gasteiger partial charge in [0, 0.05) is 20.3 Å². The van der Waals surface area contributed by atoms with Crippen LogP contribution in [-0.4, -0.2) is 75.9 Å². The van der Waals surface area contributed by atoms with E-state index in [0.29, 0.717) is 23.4 Å². The molecule has 3 aromatic rings. The molecule has 2 N–H and O–H groups in total. The first kappa shape index (κ1) is 35.5. The summed E-state index contributed by atoms with van der Waals surface area (Å²) in [6.45, 7) is 9.41. The standard InChI is InChI=1S/C33H44N6O7/c1-21(2)19-22-13-11-16-25-28(22)36-26(39(25)32(44)46-33(3,4)5)20-38-18-12-15-24(30(38)42)34-29(41)23(35-31(43)45-8)14-9-10-17-27(40)37(6)7/h10-13,15-18,21,23H,9,14,19-20H2,1-8H3,(H,34,41)(H,35,43)/b17-10+. The number of pyridine rings is 1. The molecule has 46 heavy (non-hydrogen) atoms. The summed E-state index contributed by atoms with van der Waals surface area (Å²) in [5.41, 5.74) is 0.825. The highest BCUT2D eigenvalue weighted by atomic mass is 16.6. The van der Waals surface area contributed by atoms with Crippen molar-refractivity contribution in [3.8, 4) is 0 Å². The van der Waals surface area contributed by atoms with Gasteiger partial charge in [0.1, 0.15) is 23.2 Å². The normalized spacial score (nSPS) is 12.3. The quantitative estimate of drug-likeness (QED) is 0.295. The molecule has 2 aromatic heterocycles. The molecule has 0 aliphatic heterocycles. The van der Waals surface area contributed by atoms with Gasteiger partial charge in [-0.05, 0) is 75.8 Å². The minimum atomic E-state index is -1.06. The Morgan fingerprint density at radius 3 is 2.43 bits per heavy atom. The molecule has 0 aliphatic carbocycles. The molecule has 1 unspecified atom stereocenters. The molecule has 13 nitrogen and oxygen atoms in total. The largest absolute Gasteiger partial charge is 0.453 e. The number of carbonyl (C=O) groups excluding carboxylic acids is 4. The number of nitrogens with zero attached hydrogens (tertiary/aromatic N) is 4. The molecule has 2 heterocycles. The van der Waals surface area contributed by atoms with Crippen LogP contribution < -0.4 is 16.2 Å². The van der Waals surface area contributed by atoms with Crippen LogP contribution in [0.15, 0.2) is 53.5 Å². The van der Waals surface area contributed by atoms with E-state index in [1.54, 1.807) is 53.1 Å². The lowest BCUT2D eigenvalue weighted by molar-refractivity contribution is -0.123. The number of imidazole rings is 1. The predicted molar refractivity (Wildman–Crippen MR) is 175 cm³/mol. The summed E-state index contributed by atoms with van der Waals surface area (Å²) in [6, 6.07) is 7.59. The van der Waals surface area contributed by atoms with Crippen LogP contribution in [0.1, 0.15) is 58.8 Å². The Hall–Kier alpha value is -4.94. The highest BCUT2D eigenvalue weighted by Gasteiger charge is 2.26. The molecular formula is C33H44N6O7. The number of hydrogen-bond donors (Lipinski definition) is 2. The van der Waals surface area contributed by atoms with E-state index in [9.17, 15) is 24.0 Å². The van der Waals surface area contributed by atoms with Gasteiger partial charge in [-0.15, -0.1) is 0 Å². The number of anilines is 1. The summed E-state index contributed by atoms with van der Waals surface area (Å²) in [5, 5.41) is 5.07. The molecule has 0 bridgehead atoms. The van der Waals surface area contributed by atoms with E-state index < -0.39 is 35.3 Å². The van der Waals surface area contributed by atoms with Crippen LogP contribution in [0.4, 0.5) is 15.3 Å². The van der Waals surface area contributed by atoms with Gasteiger partial charge in [0.25, 0.3) is 5.56 Å². The van der Waals surface area contributed by atoms with Crippen molar-refractivity contribution in [2.75, 3.05) is 26.5 Å². The number of rotatable bonds is 11. The second kappa shape index (κ2) is 15.4. The zero-order valence-electron chi connectivity index (χ0n) is 27.7. The number of methoxy groups -OCH3 is 1. The number of fused-ring (bicyclic) bond motifs is 1. The summed E-state index contributed by atoms with van der Waals surface area (Å²) < 4.78 is 13.1. The highest BCUT2D eigenvalue weighted by molar-refractivity contribution is 5.96. The fraction of sp³-hybridized carbons (Fsp3) is 0.455. The number of alkyl carbamates (subject to hydrolysis) is 1. The molecule has 3 rings (SSSR count). The Labute approximate surface area is 268 Å². The Morgan fingerprint density at radius 1 is 1.09 bits per heavy atom. The second-order valence-corrected chi connectivity index (χ2v) is 12.5. The van der Waals surface area contributed by atoms with Gasteiger partial charge >= 0.3 is 12.2 Å². The summed E-state index contributed by atoms with van der Waals surface area (Å²) in [5.74, 6) is -0.233. The maximum Gasteiger partial charge on any atom is 0.420 e. The van der Waals surface area contributed by atoms with Gasteiger partial charge < -0.3 is 29.6 Å². The molecule has 0 radical (unpaired) electrons. The van der Waals surface area contributed by atoms with Crippen molar-refractivity contribution in [1.29, 1.82) is 0 Å². The molecule has 1 atom stereocenters. The summed E-state index contributed by atoms with van der Waals surface area (Å²) in [7, 11) is 4.41. The van der Waals surface area contributed by atoms with Crippen LogP contribution in [-0.2, 0) is 32.0 Å². The van der Waals surface area contributed by atoms with Crippen LogP contribution >= 0.6 is 0 Å². The fourth-order valence-corrected chi connectivity index (χ4v) is 4.62. The molecule has 0 saturated heterocycles. The molecule has 0 aliphatic rings. The number of benzene rings is 1.